The number of nitrogens with zero attached hydrogens (tertiary/aromatic N) is 3. The normalized spacial score (nSPS) is 40.2. The lowest BCUT2D eigenvalue weighted by atomic mass is 9.79. The predicted molar refractivity (Wildman–Crippen MR) is 203 cm³/mol. The monoisotopic (exact) mass is 734 g/mol. The maximum absolute atomic E-state index is 13.8. The summed E-state index contributed by atoms with van der Waals surface area (Å²) in [6, 6.07) is -0.632. The van der Waals surface area contributed by atoms with E-state index in [0.29, 0.717) is 19.3 Å². The number of ether oxygens (including phenoxy) is 3. The molecule has 11 heteroatoms. The van der Waals surface area contributed by atoms with Crippen molar-refractivity contribution in [3.8, 4) is 0 Å². The van der Waals surface area contributed by atoms with E-state index in [4.69, 9.17) is 14.2 Å². The Balaban J connectivity index is 1.68. The van der Waals surface area contributed by atoms with Crippen molar-refractivity contribution in [2.75, 3.05) is 53.4 Å². The van der Waals surface area contributed by atoms with Crippen LogP contribution < -0.4 is 0 Å². The summed E-state index contributed by atoms with van der Waals surface area (Å²) in [6.45, 7) is 15.3. The van der Waals surface area contributed by atoms with Crippen molar-refractivity contribution >= 4 is 11.8 Å². The molecule has 0 bridgehead atoms. The van der Waals surface area contributed by atoms with E-state index >= 15 is 0 Å². The van der Waals surface area contributed by atoms with E-state index in [9.17, 15) is 24.9 Å². The first-order valence-corrected chi connectivity index (χ1v) is 20.3. The van der Waals surface area contributed by atoms with Crippen LogP contribution in [-0.4, -0.2) is 144 Å². The molecule has 12 atom stereocenters. The van der Waals surface area contributed by atoms with E-state index in [1.165, 1.54) is 12.8 Å². The van der Waals surface area contributed by atoms with Gasteiger partial charge in [-0.2, -0.15) is 0 Å². The van der Waals surface area contributed by atoms with Crippen LogP contribution >= 0.6 is 0 Å². The van der Waals surface area contributed by atoms with E-state index in [2.05, 4.69) is 15.9 Å². The van der Waals surface area contributed by atoms with E-state index in [-0.39, 0.29) is 36.1 Å². The van der Waals surface area contributed by atoms with Crippen LogP contribution in [0.4, 0.5) is 0 Å². The van der Waals surface area contributed by atoms with Crippen LogP contribution in [0.15, 0.2) is 23.8 Å². The van der Waals surface area contributed by atoms with Gasteiger partial charge >= 0.3 is 5.97 Å². The fraction of sp³-hybridized carbons (Fsp3) is 0.854. The Morgan fingerprint density at radius 3 is 2.15 bits per heavy atom. The van der Waals surface area contributed by atoms with Gasteiger partial charge in [-0.05, 0) is 118 Å². The Hall–Kier alpha value is -1.70. The molecule has 298 valence electrons. The van der Waals surface area contributed by atoms with Gasteiger partial charge in [0.1, 0.15) is 12.2 Å². The number of allylic oxidation sites excluding steroid dienone is 3. The van der Waals surface area contributed by atoms with Gasteiger partial charge in [0, 0.05) is 24.3 Å². The second-order valence-corrected chi connectivity index (χ2v) is 16.6. The third-order valence-electron chi connectivity index (χ3n) is 12.1. The zero-order valence-electron chi connectivity index (χ0n) is 33.2. The Morgan fingerprint density at radius 2 is 1.54 bits per heavy atom. The molecule has 4 aliphatic rings. The minimum absolute atomic E-state index is 0.0270. The van der Waals surface area contributed by atoms with Crippen LogP contribution in [0.2, 0.25) is 0 Å². The number of aliphatic hydroxyl groups is 3. The number of carbonyl (C=O) groups is 2. The number of rotatable bonds is 9. The molecule has 4 rings (SSSR count). The number of carbonyl (C=O) groups excluding carboxylic acids is 2. The van der Waals surface area contributed by atoms with E-state index in [1.54, 1.807) is 32.0 Å². The summed E-state index contributed by atoms with van der Waals surface area (Å²) in [5, 5.41) is 34.2. The lowest BCUT2D eigenvalue weighted by Crippen LogP contribution is -2.63. The van der Waals surface area contributed by atoms with E-state index in [0.717, 1.165) is 70.5 Å². The standard InChI is InChI=1S/C41H71N3O8/c1-8-35-32(26-44-20-13-10-14-21-44)23-27(2)15-16-33(45)28(3)24-31(17-22-43-18-11-9-12-19-43)40(29(4)34(46)25-36(47)51-35)52-41-39(49)37(42(6)7)38(48)30(5)50-41/h15-16,23,28-32,34-35,37-41,46,48-49H,8-14,17-22,24-26H2,1-7H3/b16-15+,27-23+/t28-,29+,30-,31?,32-,34?,35-,37+,38-,39-,40-,41+/m1/s1. The molecule has 0 amide bonds. The first kappa shape index (κ1) is 43.0. The van der Waals surface area contributed by atoms with E-state index in [1.807, 2.05) is 33.8 Å². The van der Waals surface area contributed by atoms with Gasteiger partial charge in [0.05, 0.1) is 36.9 Å². The molecule has 0 aliphatic carbocycles. The molecule has 11 nitrogen and oxygen atoms in total. The first-order chi connectivity index (χ1) is 24.8. The summed E-state index contributed by atoms with van der Waals surface area (Å²) in [6.07, 6.45) is 8.49. The highest BCUT2D eigenvalue weighted by molar-refractivity contribution is 5.91. The van der Waals surface area contributed by atoms with Crippen molar-refractivity contribution in [2.24, 2.45) is 23.7 Å². The highest BCUT2D eigenvalue weighted by Crippen LogP contribution is 2.35. The van der Waals surface area contributed by atoms with Gasteiger partial charge in [0.2, 0.25) is 0 Å². The minimum Gasteiger partial charge on any atom is -0.462 e. The zero-order valence-corrected chi connectivity index (χ0v) is 33.2. The van der Waals surface area contributed by atoms with Crippen LogP contribution in [0.25, 0.3) is 0 Å². The molecule has 3 saturated heterocycles. The Morgan fingerprint density at radius 1 is 0.904 bits per heavy atom. The lowest BCUT2D eigenvalue weighted by Gasteiger charge is -2.47. The smallest absolute Gasteiger partial charge is 0.308 e. The number of aliphatic hydroxyl groups excluding tert-OH is 3. The third kappa shape index (κ3) is 12.2. The Bertz CT molecular complexity index is 1170. The van der Waals surface area contributed by atoms with E-state index < -0.39 is 54.7 Å². The number of likely N-dealkylation sites (tertiary alicyclic amines) is 2. The molecule has 0 aromatic carbocycles. The first-order valence-electron chi connectivity index (χ1n) is 20.3. The quantitative estimate of drug-likeness (QED) is 0.295. The average Bonchev–Trinajstić information content (AvgIpc) is 3.12. The van der Waals surface area contributed by atoms with Gasteiger partial charge in [-0.1, -0.05) is 51.3 Å². The van der Waals surface area contributed by atoms with Crippen molar-refractivity contribution in [1.29, 1.82) is 0 Å². The number of hydrogen-bond acceptors (Lipinski definition) is 11. The Labute approximate surface area is 313 Å². The molecule has 52 heavy (non-hydrogen) atoms. The number of esters is 1. The van der Waals surface area contributed by atoms with Gasteiger partial charge in [-0.15, -0.1) is 0 Å². The van der Waals surface area contributed by atoms with Gasteiger partial charge < -0.3 is 44.2 Å². The summed E-state index contributed by atoms with van der Waals surface area (Å²) in [5.41, 5.74) is 0.954. The number of cyclic esters (lactones) is 1. The van der Waals surface area contributed by atoms with Gasteiger partial charge in [-0.25, -0.2) is 0 Å². The molecule has 4 aliphatic heterocycles. The number of hydrogen-bond donors (Lipinski definition) is 3. The summed E-state index contributed by atoms with van der Waals surface area (Å²) >= 11 is 0. The second-order valence-electron chi connectivity index (χ2n) is 16.6. The molecule has 3 N–H and O–H groups in total. The topological polar surface area (TPSA) is 132 Å². The minimum atomic E-state index is -1.17. The maximum Gasteiger partial charge on any atom is 0.308 e. The van der Waals surface area contributed by atoms with Crippen LogP contribution in [-0.2, 0) is 23.8 Å². The van der Waals surface area contributed by atoms with Crippen molar-refractivity contribution < 1.29 is 39.1 Å². The molecule has 3 fully saturated rings. The van der Waals surface area contributed by atoms with Crippen LogP contribution in [0.1, 0.15) is 98.8 Å². The van der Waals surface area contributed by atoms with Crippen LogP contribution in [0, 0.1) is 23.7 Å². The molecular weight excluding hydrogens is 662 g/mol. The molecule has 0 aromatic heterocycles. The van der Waals surface area contributed by atoms with Gasteiger partial charge in [0.25, 0.3) is 0 Å². The molecule has 0 spiro atoms. The van der Waals surface area contributed by atoms with Crippen molar-refractivity contribution in [2.45, 2.75) is 148 Å². The van der Waals surface area contributed by atoms with Crippen LogP contribution in [0.3, 0.4) is 0 Å². The summed E-state index contributed by atoms with van der Waals surface area (Å²) < 4.78 is 19.1. The predicted octanol–water partition coefficient (Wildman–Crippen LogP) is 4.18. The number of piperidine rings is 2. The second kappa shape index (κ2) is 20.8. The lowest BCUT2D eigenvalue weighted by molar-refractivity contribution is -0.304. The molecule has 0 aromatic rings. The van der Waals surface area contributed by atoms with Gasteiger partial charge in [0.15, 0.2) is 12.1 Å². The summed E-state index contributed by atoms with van der Waals surface area (Å²) in [4.78, 5) is 34.1. The third-order valence-corrected chi connectivity index (χ3v) is 12.1. The molecule has 0 saturated carbocycles. The van der Waals surface area contributed by atoms with Crippen molar-refractivity contribution in [1.82, 2.24) is 14.7 Å². The van der Waals surface area contributed by atoms with Gasteiger partial charge in [-0.3, -0.25) is 9.59 Å². The number of likely N-dealkylation sites (N-methyl/N-ethyl adjacent to an activating group) is 1. The zero-order chi connectivity index (χ0) is 37.9. The fourth-order valence-electron chi connectivity index (χ4n) is 8.83. The molecule has 2 unspecified atom stereocenters. The summed E-state index contributed by atoms with van der Waals surface area (Å²) in [7, 11) is 3.60. The van der Waals surface area contributed by atoms with Crippen LogP contribution in [0.5, 0.6) is 0 Å². The number of ketones is 1. The maximum atomic E-state index is 13.8. The fourth-order valence-corrected chi connectivity index (χ4v) is 8.83. The largest absolute Gasteiger partial charge is 0.462 e. The SMILES string of the molecule is CC[C@H]1OC(=O)CC(O)[C@H](C)[C@@H](O[C@@H]2O[C@H](C)[C@@H](O)[C@H](N(C)C)[C@H]2O)C(CCN2CCCCC2)C[C@@H](C)C(=O)/C=C/C(C)=C/[C@@H]1CN1CCCCC1. The average molecular weight is 734 g/mol. The highest BCUT2D eigenvalue weighted by atomic mass is 16.7. The summed E-state index contributed by atoms with van der Waals surface area (Å²) in [5.74, 6) is -1.58. The van der Waals surface area contributed by atoms with Crippen molar-refractivity contribution in [3.63, 3.8) is 0 Å². The molecular formula is C41H71N3O8. The van der Waals surface area contributed by atoms with Crippen molar-refractivity contribution in [3.05, 3.63) is 23.8 Å². The Kier molecular flexibility index (Phi) is 17.2. The molecule has 0 radical (unpaired) electrons. The molecule has 4 heterocycles. The highest BCUT2D eigenvalue weighted by Gasteiger charge is 2.47.